The minimum Gasteiger partial charge on any atom is -0.455 e. The second-order valence-electron chi connectivity index (χ2n) is 14.1. The van der Waals surface area contributed by atoms with Gasteiger partial charge < -0.3 is 13.7 Å². The Labute approximate surface area is 317 Å². The van der Waals surface area contributed by atoms with Gasteiger partial charge in [-0.15, -0.1) is 0 Å². The van der Waals surface area contributed by atoms with E-state index < -0.39 is 0 Å². The third-order valence-electron chi connectivity index (χ3n) is 10.9. The Morgan fingerprint density at radius 2 is 0.891 bits per heavy atom. The predicted molar refractivity (Wildman–Crippen MR) is 229 cm³/mol. The molecule has 0 unspecified atom stereocenters. The Bertz CT molecular complexity index is 3190. The average molecular weight is 704 g/mol. The molecule has 55 heavy (non-hydrogen) atoms. The molecule has 9 aromatic carbocycles. The monoisotopic (exact) mass is 703 g/mol. The van der Waals surface area contributed by atoms with Gasteiger partial charge in [0.2, 0.25) is 0 Å². The van der Waals surface area contributed by atoms with Crippen LogP contribution in [0.5, 0.6) is 0 Å². The summed E-state index contributed by atoms with van der Waals surface area (Å²) in [5.74, 6) is 0. The fourth-order valence-corrected chi connectivity index (χ4v) is 8.21. The largest absolute Gasteiger partial charge is 0.455 e. The van der Waals surface area contributed by atoms with Gasteiger partial charge >= 0.3 is 0 Å². The van der Waals surface area contributed by atoms with E-state index in [4.69, 9.17) is 8.83 Å². The van der Waals surface area contributed by atoms with Gasteiger partial charge in [0.15, 0.2) is 0 Å². The first-order chi connectivity index (χ1) is 27.3. The predicted octanol–water partition coefficient (Wildman–Crippen LogP) is 15.1. The van der Waals surface area contributed by atoms with E-state index >= 15 is 0 Å². The van der Waals surface area contributed by atoms with Crippen LogP contribution in [0.2, 0.25) is 0 Å². The van der Waals surface area contributed by atoms with Crippen molar-refractivity contribution in [2.45, 2.75) is 0 Å². The van der Waals surface area contributed by atoms with E-state index in [1.54, 1.807) is 0 Å². The van der Waals surface area contributed by atoms with Gasteiger partial charge in [0, 0.05) is 38.7 Å². The van der Waals surface area contributed by atoms with E-state index in [-0.39, 0.29) is 0 Å². The number of fused-ring (bicyclic) bond motifs is 7. The van der Waals surface area contributed by atoms with Gasteiger partial charge in [-0.25, -0.2) is 0 Å². The van der Waals surface area contributed by atoms with Crippen LogP contribution in [-0.2, 0) is 0 Å². The summed E-state index contributed by atoms with van der Waals surface area (Å²) in [5.41, 5.74) is 13.4. The van der Waals surface area contributed by atoms with Crippen molar-refractivity contribution in [1.29, 1.82) is 0 Å². The van der Waals surface area contributed by atoms with Crippen molar-refractivity contribution in [1.82, 2.24) is 0 Å². The lowest BCUT2D eigenvalue weighted by Gasteiger charge is -2.27. The van der Waals surface area contributed by atoms with Crippen LogP contribution in [0.15, 0.2) is 209 Å². The maximum Gasteiger partial charge on any atom is 0.145 e. The summed E-state index contributed by atoms with van der Waals surface area (Å²) in [7, 11) is 0. The number of furan rings is 2. The molecule has 0 aliphatic rings. The Balaban J connectivity index is 1.10. The molecule has 2 heterocycles. The zero-order valence-electron chi connectivity index (χ0n) is 29.8. The molecule has 11 rings (SSSR count). The second kappa shape index (κ2) is 12.6. The highest BCUT2D eigenvalue weighted by Crippen LogP contribution is 2.47. The molecule has 0 amide bonds. The molecule has 0 N–H and O–H groups in total. The third-order valence-corrected chi connectivity index (χ3v) is 10.9. The van der Waals surface area contributed by atoms with Crippen molar-refractivity contribution >= 4 is 71.7 Å². The summed E-state index contributed by atoms with van der Waals surface area (Å²) in [5, 5.41) is 6.82. The van der Waals surface area contributed by atoms with Crippen LogP contribution < -0.4 is 4.90 Å². The summed E-state index contributed by atoms with van der Waals surface area (Å²) in [6.45, 7) is 0. The van der Waals surface area contributed by atoms with Crippen molar-refractivity contribution in [2.75, 3.05) is 4.90 Å². The summed E-state index contributed by atoms with van der Waals surface area (Å²) in [4.78, 5) is 2.36. The molecular formula is C52H33NO2. The molecule has 0 aliphatic carbocycles. The maximum absolute atomic E-state index is 6.80. The number of rotatable bonds is 6. The minimum absolute atomic E-state index is 0.862. The van der Waals surface area contributed by atoms with Gasteiger partial charge in [0.25, 0.3) is 0 Å². The van der Waals surface area contributed by atoms with Gasteiger partial charge in [-0.05, 0) is 87.6 Å². The fraction of sp³-hybridized carbons (Fsp3) is 0. The zero-order valence-corrected chi connectivity index (χ0v) is 29.8. The van der Waals surface area contributed by atoms with E-state index in [0.717, 1.165) is 83.2 Å². The fourth-order valence-electron chi connectivity index (χ4n) is 8.21. The molecule has 0 fully saturated rings. The summed E-state index contributed by atoms with van der Waals surface area (Å²) in [6.07, 6.45) is 0. The second-order valence-corrected chi connectivity index (χ2v) is 14.1. The van der Waals surface area contributed by atoms with Crippen LogP contribution >= 0.6 is 0 Å². The van der Waals surface area contributed by atoms with Crippen LogP contribution in [0.25, 0.3) is 88.0 Å². The van der Waals surface area contributed by atoms with Crippen LogP contribution in [-0.4, -0.2) is 0 Å². The molecule has 3 heteroatoms. The lowest BCUT2D eigenvalue weighted by Crippen LogP contribution is -2.10. The Morgan fingerprint density at radius 3 is 1.67 bits per heavy atom. The molecule has 11 aromatic rings. The Morgan fingerprint density at radius 1 is 0.327 bits per heavy atom. The first-order valence-corrected chi connectivity index (χ1v) is 18.7. The molecule has 0 spiro atoms. The SMILES string of the molecule is c1ccc(-c2ccc(N(c3ccc(-c4cccc5c4oc4ccccc45)cc3)c3ccc(-c4ccc5ccccc5c4)c4oc5ccccc5c34)cc2)cc1. The molecular weight excluding hydrogens is 671 g/mol. The number of para-hydroxylation sites is 3. The number of nitrogens with zero attached hydrogens (tertiary/aromatic N) is 1. The molecule has 0 saturated carbocycles. The van der Waals surface area contributed by atoms with Gasteiger partial charge in [-0.1, -0.05) is 146 Å². The molecule has 0 saturated heterocycles. The molecule has 258 valence electrons. The molecule has 3 nitrogen and oxygen atoms in total. The standard InChI is InChI=1S/C52H33NO2/c1-2-11-34(12-3-1)36-23-27-40(28-24-36)53(41-29-25-37(26-30-41)42-17-10-18-45-44-15-6-8-19-48(44)54-51(42)45)47-32-31-43(39-22-21-35-13-4-5-14-38(35)33-39)52-50(47)46-16-7-9-20-49(46)55-52/h1-33H. The van der Waals surface area contributed by atoms with Gasteiger partial charge in [0.05, 0.1) is 11.1 Å². The highest BCUT2D eigenvalue weighted by molar-refractivity contribution is 6.17. The van der Waals surface area contributed by atoms with E-state index in [1.807, 2.05) is 18.2 Å². The summed E-state index contributed by atoms with van der Waals surface area (Å²) in [6, 6.07) is 70.9. The van der Waals surface area contributed by atoms with Crippen molar-refractivity contribution in [2.24, 2.45) is 0 Å². The number of benzene rings is 9. The minimum atomic E-state index is 0.862. The van der Waals surface area contributed by atoms with Crippen molar-refractivity contribution < 1.29 is 8.83 Å². The third kappa shape index (κ3) is 5.20. The van der Waals surface area contributed by atoms with Crippen LogP contribution in [0.1, 0.15) is 0 Å². The van der Waals surface area contributed by atoms with Gasteiger partial charge in [-0.2, -0.15) is 0 Å². The summed E-state index contributed by atoms with van der Waals surface area (Å²) >= 11 is 0. The molecule has 0 bridgehead atoms. The topological polar surface area (TPSA) is 29.5 Å². The zero-order chi connectivity index (χ0) is 36.3. The first kappa shape index (κ1) is 31.2. The van der Waals surface area contributed by atoms with Gasteiger partial charge in [0.1, 0.15) is 22.3 Å². The average Bonchev–Trinajstić information content (AvgIpc) is 3.84. The highest BCUT2D eigenvalue weighted by Gasteiger charge is 2.23. The van der Waals surface area contributed by atoms with E-state index in [1.165, 1.54) is 21.9 Å². The lowest BCUT2D eigenvalue weighted by molar-refractivity contribution is 0.669. The number of hydrogen-bond donors (Lipinski definition) is 0. The molecule has 0 radical (unpaired) electrons. The summed E-state index contributed by atoms with van der Waals surface area (Å²) < 4.78 is 13.2. The number of hydrogen-bond acceptors (Lipinski definition) is 3. The van der Waals surface area contributed by atoms with Crippen LogP contribution in [0, 0.1) is 0 Å². The van der Waals surface area contributed by atoms with Crippen molar-refractivity contribution in [3.05, 3.63) is 200 Å². The molecule has 2 aromatic heterocycles. The van der Waals surface area contributed by atoms with Crippen molar-refractivity contribution in [3.8, 4) is 33.4 Å². The maximum atomic E-state index is 6.80. The van der Waals surface area contributed by atoms with Crippen molar-refractivity contribution in [3.63, 3.8) is 0 Å². The smallest absolute Gasteiger partial charge is 0.145 e. The van der Waals surface area contributed by atoms with Crippen LogP contribution in [0.4, 0.5) is 17.1 Å². The van der Waals surface area contributed by atoms with Crippen LogP contribution in [0.3, 0.4) is 0 Å². The molecule has 0 atom stereocenters. The highest BCUT2D eigenvalue weighted by atomic mass is 16.3. The Hall–Kier alpha value is -7.36. The van der Waals surface area contributed by atoms with Gasteiger partial charge in [-0.3, -0.25) is 0 Å². The lowest BCUT2D eigenvalue weighted by atomic mass is 9.97. The number of anilines is 3. The quantitative estimate of drug-likeness (QED) is 0.173. The Kier molecular flexibility index (Phi) is 7.17. The van der Waals surface area contributed by atoms with E-state index in [9.17, 15) is 0 Å². The molecule has 0 aliphatic heterocycles. The van der Waals surface area contributed by atoms with E-state index in [2.05, 4.69) is 187 Å². The van der Waals surface area contributed by atoms with E-state index in [0.29, 0.717) is 0 Å². The normalized spacial score (nSPS) is 11.6. The first-order valence-electron chi connectivity index (χ1n) is 18.7.